The van der Waals surface area contributed by atoms with Gasteiger partial charge < -0.3 is 35.2 Å². The summed E-state index contributed by atoms with van der Waals surface area (Å²) in [5.41, 5.74) is -0.0631. The van der Waals surface area contributed by atoms with E-state index in [4.69, 9.17) is 5.41 Å². The number of hydrogen-bond acceptors (Lipinski definition) is 3. The van der Waals surface area contributed by atoms with Crippen LogP contribution in [0.2, 0.25) is 0 Å². The van der Waals surface area contributed by atoms with E-state index in [0.717, 1.165) is 12.8 Å². The first kappa shape index (κ1) is 19.8. The number of amides is 1. The third kappa shape index (κ3) is 6.28. The summed E-state index contributed by atoms with van der Waals surface area (Å²) < 4.78 is -0.0283. The topological polar surface area (TPSA) is 42.6 Å². The summed E-state index contributed by atoms with van der Waals surface area (Å²) in [5, 5.41) is 8.64. The summed E-state index contributed by atoms with van der Waals surface area (Å²) in [6.07, 6.45) is 1.99. The van der Waals surface area contributed by atoms with Crippen molar-refractivity contribution < 1.29 is 108 Å². The first-order valence-corrected chi connectivity index (χ1v) is 4.76. The Bertz CT molecular complexity index is 297. The van der Waals surface area contributed by atoms with Crippen molar-refractivity contribution in [2.24, 2.45) is 0 Å². The second kappa shape index (κ2) is 10.4. The molecule has 0 unspecified atom stereocenters. The molecule has 0 spiro atoms. The maximum atomic E-state index is 11.5. The molecule has 1 aliphatic rings. The SMILES string of the molecule is [K+].[K+].[N-]=C=C(C(=O)N1CCCC1)C(=S)[S-]. The molecule has 7 heteroatoms. The van der Waals surface area contributed by atoms with Gasteiger partial charge in [0, 0.05) is 18.7 Å². The van der Waals surface area contributed by atoms with Crippen molar-refractivity contribution in [3.8, 4) is 0 Å². The van der Waals surface area contributed by atoms with Gasteiger partial charge in [-0.2, -0.15) is 0 Å². The van der Waals surface area contributed by atoms with Crippen molar-refractivity contribution in [3.63, 3.8) is 0 Å². The fourth-order valence-corrected chi connectivity index (χ4v) is 1.53. The number of rotatable bonds is 2. The Morgan fingerprint density at radius 3 is 2.13 bits per heavy atom. The van der Waals surface area contributed by atoms with E-state index < -0.39 is 0 Å². The molecule has 15 heavy (non-hydrogen) atoms. The third-order valence-corrected chi connectivity index (χ3v) is 2.33. The van der Waals surface area contributed by atoms with Gasteiger partial charge in [0.15, 0.2) is 0 Å². The average Bonchev–Trinajstić information content (AvgIpc) is 2.56. The summed E-state index contributed by atoms with van der Waals surface area (Å²) in [6.45, 7) is 1.42. The third-order valence-electron chi connectivity index (χ3n) is 1.92. The van der Waals surface area contributed by atoms with E-state index in [0.29, 0.717) is 13.1 Å². The van der Waals surface area contributed by atoms with E-state index in [9.17, 15) is 4.79 Å². The molecule has 0 aliphatic carbocycles. The molecule has 0 N–H and O–H groups in total. The number of carbonyl (C=O) groups excluding carboxylic acids is 1. The molecule has 0 bridgehead atoms. The van der Waals surface area contributed by atoms with Crippen LogP contribution < -0.4 is 103 Å². The standard InChI is InChI=1S/C8H9N2OS2.2K/c9-5-6(8(12)13)7(11)10-3-1-2-4-10;;/h1-4H2,(H,12,13);;/q-1;2*+1/p-1. The molecule has 1 rings (SSSR count). The molecule has 1 heterocycles. The first-order valence-electron chi connectivity index (χ1n) is 3.94. The molecule has 1 aliphatic heterocycles. The van der Waals surface area contributed by atoms with Crippen molar-refractivity contribution in [1.82, 2.24) is 4.90 Å². The van der Waals surface area contributed by atoms with Gasteiger partial charge in [-0.05, 0) is 12.8 Å². The molecule has 0 aromatic carbocycles. The molecule has 0 aromatic heterocycles. The molecular formula is C8H8K2N2OS2. The molecule has 1 amide bonds. The van der Waals surface area contributed by atoms with Crippen LogP contribution in [0, 0.1) is 0 Å². The van der Waals surface area contributed by atoms with E-state index in [1.165, 1.54) is 0 Å². The monoisotopic (exact) mass is 290 g/mol. The van der Waals surface area contributed by atoms with Crippen LogP contribution in [0.4, 0.5) is 0 Å². The fourth-order valence-electron chi connectivity index (χ4n) is 1.26. The number of nitrogens with zero attached hydrogens (tertiary/aromatic N) is 2. The van der Waals surface area contributed by atoms with Gasteiger partial charge in [0.1, 0.15) is 0 Å². The Morgan fingerprint density at radius 1 is 1.33 bits per heavy atom. The van der Waals surface area contributed by atoms with Crippen molar-refractivity contribution in [2.75, 3.05) is 13.1 Å². The van der Waals surface area contributed by atoms with Gasteiger partial charge in [-0.15, -0.1) is 4.20 Å². The van der Waals surface area contributed by atoms with Crippen LogP contribution in [0.3, 0.4) is 0 Å². The van der Waals surface area contributed by atoms with Gasteiger partial charge in [0.25, 0.3) is 5.91 Å². The predicted octanol–water partition coefficient (Wildman–Crippen LogP) is -5.34. The minimum Gasteiger partial charge on any atom is -0.763 e. The van der Waals surface area contributed by atoms with E-state index >= 15 is 0 Å². The Labute approximate surface area is 186 Å². The molecule has 0 radical (unpaired) electrons. The summed E-state index contributed by atoms with van der Waals surface area (Å²) in [5.74, 6) is 1.45. The van der Waals surface area contributed by atoms with Crippen molar-refractivity contribution in [3.05, 3.63) is 11.0 Å². The molecule has 1 saturated heterocycles. The summed E-state index contributed by atoms with van der Waals surface area (Å²) in [4.78, 5) is 13.2. The average molecular weight is 290 g/mol. The smallest absolute Gasteiger partial charge is 0.763 e. The van der Waals surface area contributed by atoms with Crippen molar-refractivity contribution in [1.29, 1.82) is 0 Å². The quantitative estimate of drug-likeness (QED) is 0.168. The fraction of sp³-hybridized carbons (Fsp3) is 0.500. The van der Waals surface area contributed by atoms with E-state index in [1.54, 1.807) is 10.8 Å². The van der Waals surface area contributed by atoms with E-state index in [1.807, 2.05) is 0 Å². The van der Waals surface area contributed by atoms with Crippen LogP contribution in [-0.2, 0) is 17.4 Å². The number of thiocarbonyl (C=S) groups is 1. The van der Waals surface area contributed by atoms with Gasteiger partial charge in [-0.3, -0.25) is 10.7 Å². The molecule has 0 saturated carbocycles. The van der Waals surface area contributed by atoms with Crippen LogP contribution in [0.5, 0.6) is 0 Å². The second-order valence-electron chi connectivity index (χ2n) is 2.77. The molecule has 3 nitrogen and oxygen atoms in total. The van der Waals surface area contributed by atoms with Gasteiger partial charge in [-0.1, -0.05) is 0 Å². The van der Waals surface area contributed by atoms with Crippen molar-refractivity contribution >= 4 is 40.8 Å². The maximum absolute atomic E-state index is 11.5. The van der Waals surface area contributed by atoms with E-state index in [2.05, 4.69) is 24.8 Å². The Morgan fingerprint density at radius 2 is 1.80 bits per heavy atom. The second-order valence-corrected chi connectivity index (χ2v) is 3.85. The molecule has 1 fully saturated rings. The normalized spacial score (nSPS) is 13.2. The summed E-state index contributed by atoms with van der Waals surface area (Å²) >= 11 is 9.27. The van der Waals surface area contributed by atoms with Gasteiger partial charge in [0.05, 0.1) is 0 Å². The van der Waals surface area contributed by atoms with Crippen LogP contribution >= 0.6 is 12.2 Å². The van der Waals surface area contributed by atoms with Crippen LogP contribution in [-0.4, -0.2) is 34.0 Å². The number of carbonyl (C=O) groups is 1. The summed E-state index contributed by atoms with van der Waals surface area (Å²) in [7, 11) is 0. The van der Waals surface area contributed by atoms with E-state index in [-0.39, 0.29) is 118 Å². The zero-order valence-electron chi connectivity index (χ0n) is 8.95. The van der Waals surface area contributed by atoms with Gasteiger partial charge in [-0.25, -0.2) is 0 Å². The summed E-state index contributed by atoms with van der Waals surface area (Å²) in [6, 6.07) is 0. The van der Waals surface area contributed by atoms with Crippen LogP contribution in [0.1, 0.15) is 12.8 Å². The minimum absolute atomic E-state index is 0. The molecule has 0 aromatic rings. The van der Waals surface area contributed by atoms with Crippen LogP contribution in [0.25, 0.3) is 5.41 Å². The Kier molecular flexibility index (Phi) is 13.8. The van der Waals surface area contributed by atoms with Crippen LogP contribution in [0.15, 0.2) is 5.57 Å². The Hall–Kier alpha value is 2.50. The zero-order valence-corrected chi connectivity index (χ0v) is 16.8. The van der Waals surface area contributed by atoms with Gasteiger partial charge >= 0.3 is 103 Å². The van der Waals surface area contributed by atoms with Gasteiger partial charge in [0.2, 0.25) is 0 Å². The minimum atomic E-state index is -0.306. The van der Waals surface area contributed by atoms with Crippen molar-refractivity contribution in [2.45, 2.75) is 12.8 Å². The molecule has 70 valence electrons. The maximum Gasteiger partial charge on any atom is 1.00 e. The molecule has 0 atom stereocenters. The number of likely N-dealkylation sites (tertiary alicyclic amines) is 1. The largest absolute Gasteiger partial charge is 1.00 e. The zero-order chi connectivity index (χ0) is 9.84. The Balaban J connectivity index is 0. The first-order chi connectivity index (χ1) is 6.16. The number of hydrogen-bond donors (Lipinski definition) is 0. The predicted molar refractivity (Wildman–Crippen MR) is 57.7 cm³/mol. The molecular weight excluding hydrogens is 282 g/mol.